The lowest BCUT2D eigenvalue weighted by Gasteiger charge is -2.11. The number of benzene rings is 1. The van der Waals surface area contributed by atoms with Crippen molar-refractivity contribution in [1.29, 1.82) is 0 Å². The molecule has 1 N–H and O–H groups in total. The Bertz CT molecular complexity index is 499. The first-order chi connectivity index (χ1) is 7.58. The van der Waals surface area contributed by atoms with Crippen LogP contribution in [0, 0.1) is 20.8 Å². The molecule has 84 valence electrons. The second-order valence-electron chi connectivity index (χ2n) is 4.19. The number of thiophene rings is 1. The minimum Gasteiger partial charge on any atom is -0.383 e. The normalized spacial score (nSPS) is 12.8. The van der Waals surface area contributed by atoms with Crippen LogP contribution < -0.4 is 0 Å². The summed E-state index contributed by atoms with van der Waals surface area (Å²) < 4.78 is 0. The molecule has 2 rings (SSSR count). The number of hydrogen-bond acceptors (Lipinski definition) is 2. The Hall–Kier alpha value is -1.12. The van der Waals surface area contributed by atoms with E-state index < -0.39 is 6.10 Å². The van der Waals surface area contributed by atoms with Gasteiger partial charge in [-0.3, -0.25) is 0 Å². The molecule has 0 aliphatic heterocycles. The van der Waals surface area contributed by atoms with E-state index in [-0.39, 0.29) is 0 Å². The van der Waals surface area contributed by atoms with E-state index in [0.717, 1.165) is 10.4 Å². The van der Waals surface area contributed by atoms with Crippen molar-refractivity contribution in [3.05, 3.63) is 56.8 Å². The van der Waals surface area contributed by atoms with E-state index in [1.165, 1.54) is 16.0 Å². The third-order valence-corrected chi connectivity index (χ3v) is 3.93. The quantitative estimate of drug-likeness (QED) is 0.836. The van der Waals surface area contributed by atoms with Crippen molar-refractivity contribution >= 4 is 11.3 Å². The van der Waals surface area contributed by atoms with Gasteiger partial charge in [-0.2, -0.15) is 0 Å². The summed E-state index contributed by atoms with van der Waals surface area (Å²) in [5, 5.41) is 10.2. The van der Waals surface area contributed by atoms with E-state index in [0.29, 0.717) is 0 Å². The van der Waals surface area contributed by atoms with E-state index in [2.05, 4.69) is 32.9 Å². The molecule has 0 spiro atoms. The number of aryl methyl sites for hydroxylation is 3. The maximum Gasteiger partial charge on any atom is 0.113 e. The lowest BCUT2D eigenvalue weighted by atomic mass is 10.0. The highest BCUT2D eigenvalue weighted by atomic mass is 32.1. The van der Waals surface area contributed by atoms with E-state index >= 15 is 0 Å². The summed E-state index contributed by atoms with van der Waals surface area (Å²) in [7, 11) is 0. The number of aliphatic hydroxyl groups is 1. The first-order valence-corrected chi connectivity index (χ1v) is 6.21. The van der Waals surface area contributed by atoms with Crippen LogP contribution in [-0.4, -0.2) is 5.11 Å². The van der Waals surface area contributed by atoms with Crippen molar-refractivity contribution in [3.63, 3.8) is 0 Å². The van der Waals surface area contributed by atoms with Gasteiger partial charge in [0.25, 0.3) is 0 Å². The zero-order chi connectivity index (χ0) is 11.7. The molecule has 1 heterocycles. The molecule has 0 fully saturated rings. The van der Waals surface area contributed by atoms with Crippen LogP contribution in [0.3, 0.4) is 0 Å². The minimum atomic E-state index is -0.488. The Morgan fingerprint density at radius 2 is 1.75 bits per heavy atom. The third kappa shape index (κ3) is 2.18. The molecule has 0 saturated heterocycles. The van der Waals surface area contributed by atoms with Gasteiger partial charge in [0.15, 0.2) is 0 Å². The van der Waals surface area contributed by atoms with E-state index in [1.54, 1.807) is 11.3 Å². The van der Waals surface area contributed by atoms with E-state index in [4.69, 9.17) is 0 Å². The van der Waals surface area contributed by atoms with E-state index in [1.807, 2.05) is 18.2 Å². The van der Waals surface area contributed by atoms with Crippen molar-refractivity contribution in [1.82, 2.24) is 0 Å². The zero-order valence-electron chi connectivity index (χ0n) is 9.82. The van der Waals surface area contributed by atoms with Crippen molar-refractivity contribution in [2.24, 2.45) is 0 Å². The molecule has 2 aromatic rings. The van der Waals surface area contributed by atoms with Gasteiger partial charge < -0.3 is 5.11 Å². The monoisotopic (exact) mass is 232 g/mol. The van der Waals surface area contributed by atoms with Gasteiger partial charge >= 0.3 is 0 Å². The molecule has 16 heavy (non-hydrogen) atoms. The molecule has 0 amide bonds. The SMILES string of the molecule is Cc1ccc([C@H](O)c2ccc(C)c(C)c2)s1. The Balaban J connectivity index is 2.33. The topological polar surface area (TPSA) is 20.2 Å². The molecular weight excluding hydrogens is 216 g/mol. The highest BCUT2D eigenvalue weighted by Crippen LogP contribution is 2.28. The largest absolute Gasteiger partial charge is 0.383 e. The van der Waals surface area contributed by atoms with Crippen LogP contribution >= 0.6 is 11.3 Å². The predicted octanol–water partition coefficient (Wildman–Crippen LogP) is 3.76. The molecule has 0 unspecified atom stereocenters. The fourth-order valence-electron chi connectivity index (χ4n) is 1.70. The van der Waals surface area contributed by atoms with Crippen LogP contribution in [0.2, 0.25) is 0 Å². The van der Waals surface area contributed by atoms with Gasteiger partial charge in [-0.25, -0.2) is 0 Å². The van der Waals surface area contributed by atoms with Gasteiger partial charge in [-0.1, -0.05) is 18.2 Å². The van der Waals surface area contributed by atoms with Crippen molar-refractivity contribution < 1.29 is 5.11 Å². The van der Waals surface area contributed by atoms with Crippen LogP contribution in [0.5, 0.6) is 0 Å². The summed E-state index contributed by atoms with van der Waals surface area (Å²) in [5.74, 6) is 0. The van der Waals surface area contributed by atoms with Crippen LogP contribution in [-0.2, 0) is 0 Å². The second-order valence-corrected chi connectivity index (χ2v) is 5.51. The van der Waals surface area contributed by atoms with Gasteiger partial charge in [-0.05, 0) is 49.6 Å². The van der Waals surface area contributed by atoms with Crippen LogP contribution in [0.1, 0.15) is 32.5 Å². The van der Waals surface area contributed by atoms with E-state index in [9.17, 15) is 5.11 Å². The number of hydrogen-bond donors (Lipinski definition) is 1. The minimum absolute atomic E-state index is 0.488. The maximum absolute atomic E-state index is 10.2. The standard InChI is InChI=1S/C14H16OS/c1-9-4-6-12(8-10(9)2)14(15)13-7-5-11(3)16-13/h4-8,14-15H,1-3H3/t14-/m1/s1. The lowest BCUT2D eigenvalue weighted by Crippen LogP contribution is -1.97. The Kier molecular flexibility index (Phi) is 3.13. The molecular formula is C14H16OS. The van der Waals surface area contributed by atoms with Crippen LogP contribution in [0.25, 0.3) is 0 Å². The fraction of sp³-hybridized carbons (Fsp3) is 0.286. The molecule has 0 aliphatic carbocycles. The summed E-state index contributed by atoms with van der Waals surface area (Å²) in [6.07, 6.45) is -0.488. The van der Waals surface area contributed by atoms with Crippen LogP contribution in [0.4, 0.5) is 0 Å². The molecule has 0 saturated carbocycles. The second kappa shape index (κ2) is 4.40. The molecule has 1 atom stereocenters. The molecule has 0 bridgehead atoms. The highest BCUT2D eigenvalue weighted by molar-refractivity contribution is 7.12. The van der Waals surface area contributed by atoms with Crippen molar-refractivity contribution in [2.45, 2.75) is 26.9 Å². The predicted molar refractivity (Wildman–Crippen MR) is 69.0 cm³/mol. The average Bonchev–Trinajstić information content (AvgIpc) is 2.68. The first-order valence-electron chi connectivity index (χ1n) is 5.39. The summed E-state index contributed by atoms with van der Waals surface area (Å²) in [6, 6.07) is 10.2. The molecule has 0 aliphatic rings. The zero-order valence-corrected chi connectivity index (χ0v) is 10.6. The Labute approximate surface area is 100 Å². The van der Waals surface area contributed by atoms with Crippen molar-refractivity contribution in [3.8, 4) is 0 Å². The molecule has 1 nitrogen and oxygen atoms in total. The number of rotatable bonds is 2. The van der Waals surface area contributed by atoms with Gasteiger partial charge in [0.2, 0.25) is 0 Å². The lowest BCUT2D eigenvalue weighted by molar-refractivity contribution is 0.224. The smallest absolute Gasteiger partial charge is 0.113 e. The summed E-state index contributed by atoms with van der Waals surface area (Å²) >= 11 is 1.65. The molecule has 1 aromatic carbocycles. The molecule has 2 heteroatoms. The van der Waals surface area contributed by atoms with Gasteiger partial charge in [0, 0.05) is 9.75 Å². The average molecular weight is 232 g/mol. The third-order valence-electron chi connectivity index (χ3n) is 2.88. The van der Waals surface area contributed by atoms with Crippen LogP contribution in [0.15, 0.2) is 30.3 Å². The van der Waals surface area contributed by atoms with Gasteiger partial charge in [0.1, 0.15) is 6.10 Å². The Morgan fingerprint density at radius 3 is 2.31 bits per heavy atom. The summed E-state index contributed by atoms with van der Waals surface area (Å²) in [4.78, 5) is 2.25. The number of aliphatic hydroxyl groups excluding tert-OH is 1. The van der Waals surface area contributed by atoms with Gasteiger partial charge in [0.05, 0.1) is 0 Å². The fourth-order valence-corrected chi connectivity index (χ4v) is 2.59. The summed E-state index contributed by atoms with van der Waals surface area (Å²) in [5.41, 5.74) is 3.47. The Morgan fingerprint density at radius 1 is 1.00 bits per heavy atom. The maximum atomic E-state index is 10.2. The summed E-state index contributed by atoms with van der Waals surface area (Å²) in [6.45, 7) is 6.22. The van der Waals surface area contributed by atoms with Gasteiger partial charge in [-0.15, -0.1) is 11.3 Å². The highest BCUT2D eigenvalue weighted by Gasteiger charge is 2.12. The first kappa shape index (κ1) is 11.4. The molecule has 1 aromatic heterocycles. The van der Waals surface area contributed by atoms with Crippen molar-refractivity contribution in [2.75, 3.05) is 0 Å². The molecule has 0 radical (unpaired) electrons.